The summed E-state index contributed by atoms with van der Waals surface area (Å²) in [4.78, 5) is 0. The Hall–Kier alpha value is 0.280. The van der Waals surface area contributed by atoms with Crippen LogP contribution in [0.1, 0.15) is 65.2 Å². The van der Waals surface area contributed by atoms with Gasteiger partial charge in [0.15, 0.2) is 0 Å². The molecule has 0 aliphatic carbocycles. The number of hydrogen-bond acceptors (Lipinski definition) is 0. The van der Waals surface area contributed by atoms with Gasteiger partial charge in [0.05, 0.1) is 0 Å². The van der Waals surface area contributed by atoms with Crippen LogP contribution in [0.25, 0.3) is 0 Å². The van der Waals surface area contributed by atoms with Gasteiger partial charge in [-0.3, -0.25) is 0 Å². The predicted octanol–water partition coefficient (Wildman–Crippen LogP) is 0.345. The Morgan fingerprint density at radius 1 is 0.583 bits per heavy atom. The van der Waals surface area contributed by atoms with Crippen LogP contribution in [0.3, 0.4) is 0 Å². The van der Waals surface area contributed by atoms with Crippen molar-refractivity contribution in [1.82, 2.24) is 0 Å². The molecule has 2 heteroatoms. The van der Waals surface area contributed by atoms with E-state index < -0.39 is 0 Å². The van der Waals surface area contributed by atoms with Gasteiger partial charge in [0.25, 0.3) is 0 Å². The van der Waals surface area contributed by atoms with Crippen molar-refractivity contribution in [2.24, 2.45) is 0 Å². The van der Waals surface area contributed by atoms with E-state index in [1.165, 1.54) is 51.4 Å². The average molecular weight is 196 g/mol. The molecule has 0 unspecified atom stereocenters. The van der Waals surface area contributed by atoms with Crippen LogP contribution in [0.15, 0.2) is 0 Å². The van der Waals surface area contributed by atoms with Gasteiger partial charge >= 0.3 is 0 Å². The van der Waals surface area contributed by atoms with Crippen LogP contribution >= 0.6 is 0 Å². The highest BCUT2D eigenvalue weighted by atomic mass is 32.1. The first-order valence-electron chi connectivity index (χ1n) is 4.91. The first-order chi connectivity index (χ1) is 4.91. The fraction of sp³-hybridized carbons (Fsp3) is 1.00. The molecule has 0 aliphatic heterocycles. The maximum absolute atomic E-state index is 2.27. The molecule has 0 heterocycles. The highest BCUT2D eigenvalue weighted by molar-refractivity contribution is 7.37. The smallest absolute Gasteiger partial charge is 0.0533 e. The standard InChI is InChI=1S/C10H22.FH.H2S/c1-3-5-7-9-10-8-6-4-2;;/h3-10H2,1-2H3;1H;1H2. The fourth-order valence-electron chi connectivity index (χ4n) is 1.21. The summed E-state index contributed by atoms with van der Waals surface area (Å²) in [5.74, 6) is 0. The minimum absolute atomic E-state index is 0. The lowest BCUT2D eigenvalue weighted by atomic mass is 10.1. The normalized spacial score (nSPS) is 8.50. The highest BCUT2D eigenvalue weighted by Crippen LogP contribution is 2.07. The summed E-state index contributed by atoms with van der Waals surface area (Å²) in [6, 6.07) is 0. The number of unbranched alkanes of at least 4 members (excludes halogenated alkanes) is 7. The Labute approximate surface area is 83.9 Å². The maximum Gasteiger partial charge on any atom is -0.0533 e. The molecule has 0 saturated carbocycles. The van der Waals surface area contributed by atoms with Crippen molar-refractivity contribution >= 4 is 13.5 Å². The number of halogens is 1. The van der Waals surface area contributed by atoms with Crippen molar-refractivity contribution < 1.29 is 4.70 Å². The summed E-state index contributed by atoms with van der Waals surface area (Å²) in [5.41, 5.74) is 0. The summed E-state index contributed by atoms with van der Waals surface area (Å²) in [6.07, 6.45) is 11.5. The molecule has 0 aromatic carbocycles. The Kier molecular flexibility index (Phi) is 26.3. The Bertz CT molecular complexity index is 49.8. The van der Waals surface area contributed by atoms with Crippen LogP contribution in [0.4, 0.5) is 0 Å². The van der Waals surface area contributed by atoms with E-state index in [9.17, 15) is 0 Å². The van der Waals surface area contributed by atoms with E-state index in [1.807, 2.05) is 0 Å². The largest absolute Gasteiger partial charge is 1.00 e. The van der Waals surface area contributed by atoms with Gasteiger partial charge in [-0.05, 0) is 0 Å². The molecular weight excluding hydrogens is 171 g/mol. The SMILES string of the molecule is CCCCCCCCCC.[F-].[SH3+]. The second kappa shape index (κ2) is 17.4. The molecule has 0 radical (unpaired) electrons. The van der Waals surface area contributed by atoms with E-state index in [0.717, 1.165) is 0 Å². The molecular formula is C10H25FS. The van der Waals surface area contributed by atoms with Crippen molar-refractivity contribution in [1.29, 1.82) is 0 Å². The van der Waals surface area contributed by atoms with Crippen molar-refractivity contribution in [2.75, 3.05) is 0 Å². The molecule has 78 valence electrons. The first kappa shape index (κ1) is 18.1. The van der Waals surface area contributed by atoms with E-state index in [4.69, 9.17) is 0 Å². The van der Waals surface area contributed by atoms with Gasteiger partial charge in [0, 0.05) is 0 Å². The third-order valence-corrected chi connectivity index (χ3v) is 1.96. The van der Waals surface area contributed by atoms with Crippen molar-refractivity contribution in [3.8, 4) is 0 Å². The average Bonchev–Trinajstić information content (AvgIpc) is 1.97. The van der Waals surface area contributed by atoms with Gasteiger partial charge in [-0.25, -0.2) is 0 Å². The van der Waals surface area contributed by atoms with E-state index in [0.29, 0.717) is 0 Å². The zero-order valence-corrected chi connectivity index (χ0v) is 9.77. The van der Waals surface area contributed by atoms with Crippen LogP contribution in [-0.4, -0.2) is 0 Å². The van der Waals surface area contributed by atoms with Crippen LogP contribution in [0, 0.1) is 0 Å². The summed E-state index contributed by atoms with van der Waals surface area (Å²) < 4.78 is 0. The molecule has 0 aromatic rings. The molecule has 0 aliphatic rings. The van der Waals surface area contributed by atoms with Crippen LogP contribution in [-0.2, 0) is 13.5 Å². The summed E-state index contributed by atoms with van der Waals surface area (Å²) in [5, 5.41) is 0. The minimum atomic E-state index is 0. The molecule has 0 atom stereocenters. The number of hydrogen-bond donors (Lipinski definition) is 0. The summed E-state index contributed by atoms with van der Waals surface area (Å²) >= 11 is 0. The number of rotatable bonds is 7. The summed E-state index contributed by atoms with van der Waals surface area (Å²) in [7, 11) is 0. The lowest BCUT2D eigenvalue weighted by Crippen LogP contribution is -3.00. The van der Waals surface area contributed by atoms with Crippen molar-refractivity contribution in [3.05, 3.63) is 0 Å². The molecule has 0 aromatic heterocycles. The molecule has 0 saturated heterocycles. The topological polar surface area (TPSA) is 0 Å². The van der Waals surface area contributed by atoms with Gasteiger partial charge in [0.1, 0.15) is 0 Å². The highest BCUT2D eigenvalue weighted by Gasteiger charge is 1.87. The third kappa shape index (κ3) is 16.7. The van der Waals surface area contributed by atoms with Crippen molar-refractivity contribution in [2.45, 2.75) is 65.2 Å². The van der Waals surface area contributed by atoms with Gasteiger partial charge < -0.3 is 4.70 Å². The Balaban J connectivity index is -0.000000405. The zero-order chi connectivity index (χ0) is 7.66. The zero-order valence-electron chi connectivity index (χ0n) is 8.61. The van der Waals surface area contributed by atoms with Gasteiger partial charge in [0.2, 0.25) is 0 Å². The van der Waals surface area contributed by atoms with Gasteiger partial charge in [-0.15, -0.1) is 0 Å². The maximum atomic E-state index is 2.27. The Morgan fingerprint density at radius 3 is 1.08 bits per heavy atom. The quantitative estimate of drug-likeness (QED) is 0.407. The van der Waals surface area contributed by atoms with Crippen LogP contribution in [0.2, 0.25) is 0 Å². The van der Waals surface area contributed by atoms with E-state index in [2.05, 4.69) is 13.8 Å². The predicted molar refractivity (Wildman–Crippen MR) is 59.8 cm³/mol. The summed E-state index contributed by atoms with van der Waals surface area (Å²) in [6.45, 7) is 4.54. The monoisotopic (exact) mass is 196 g/mol. The van der Waals surface area contributed by atoms with E-state index >= 15 is 0 Å². The molecule has 0 amide bonds. The lowest BCUT2D eigenvalue weighted by molar-refractivity contribution is -0.00000250. The lowest BCUT2D eigenvalue weighted by Gasteiger charge is -1.97. The molecule has 0 N–H and O–H groups in total. The molecule has 0 rings (SSSR count). The minimum Gasteiger partial charge on any atom is -1.00 e. The first-order valence-corrected chi connectivity index (χ1v) is 4.91. The molecule has 12 heavy (non-hydrogen) atoms. The van der Waals surface area contributed by atoms with Crippen LogP contribution in [0.5, 0.6) is 0 Å². The van der Waals surface area contributed by atoms with Gasteiger partial charge in [-0.1, -0.05) is 78.7 Å². The third-order valence-electron chi connectivity index (χ3n) is 1.96. The van der Waals surface area contributed by atoms with E-state index in [1.54, 1.807) is 0 Å². The van der Waals surface area contributed by atoms with E-state index in [-0.39, 0.29) is 18.2 Å². The molecule has 0 spiro atoms. The van der Waals surface area contributed by atoms with Crippen molar-refractivity contribution in [3.63, 3.8) is 0 Å². The molecule has 0 fully saturated rings. The van der Waals surface area contributed by atoms with Gasteiger partial charge in [-0.2, -0.15) is 0 Å². The molecule has 0 bridgehead atoms. The second-order valence-electron chi connectivity index (χ2n) is 3.12. The molecule has 0 nitrogen and oxygen atoms in total. The van der Waals surface area contributed by atoms with Crippen LogP contribution < -0.4 is 4.70 Å². The second-order valence-corrected chi connectivity index (χ2v) is 3.12. The fourth-order valence-corrected chi connectivity index (χ4v) is 1.21. The Morgan fingerprint density at radius 2 is 0.833 bits per heavy atom.